The van der Waals surface area contributed by atoms with E-state index in [0.29, 0.717) is 6.10 Å². The summed E-state index contributed by atoms with van der Waals surface area (Å²) in [4.78, 5) is 8.58. The van der Waals surface area contributed by atoms with Crippen LogP contribution in [-0.4, -0.2) is 32.2 Å². The molecule has 1 heterocycles. The van der Waals surface area contributed by atoms with Crippen molar-refractivity contribution in [2.24, 2.45) is 5.73 Å². The Morgan fingerprint density at radius 1 is 1.33 bits per heavy atom. The zero-order valence-electron chi connectivity index (χ0n) is 13.6. The van der Waals surface area contributed by atoms with Crippen LogP contribution >= 0.6 is 0 Å². The highest BCUT2D eigenvalue weighted by Gasteiger charge is 2.12. The van der Waals surface area contributed by atoms with Gasteiger partial charge in [0.05, 0.1) is 12.7 Å². The van der Waals surface area contributed by atoms with Crippen LogP contribution in [0.5, 0.6) is 0 Å². The lowest BCUT2D eigenvalue weighted by Crippen LogP contribution is -2.32. The van der Waals surface area contributed by atoms with Gasteiger partial charge in [0.25, 0.3) is 0 Å². The van der Waals surface area contributed by atoms with Gasteiger partial charge in [-0.25, -0.2) is 0 Å². The first-order valence-corrected chi connectivity index (χ1v) is 7.67. The highest BCUT2D eigenvalue weighted by atomic mass is 16.5. The fraction of sp³-hybridized carbons (Fsp3) is 0.588. The van der Waals surface area contributed by atoms with E-state index in [1.54, 1.807) is 0 Å². The van der Waals surface area contributed by atoms with Gasteiger partial charge < -0.3 is 15.8 Å². The smallest absolute Gasteiger partial charge is 0.204 e. The van der Waals surface area contributed by atoms with Crippen LogP contribution in [0.3, 0.4) is 0 Å². The summed E-state index contributed by atoms with van der Waals surface area (Å²) >= 11 is 0. The number of amides is 1. The molecule has 1 saturated heterocycles. The third-order valence-electron chi connectivity index (χ3n) is 3.23. The molecule has 4 nitrogen and oxygen atoms in total. The van der Waals surface area contributed by atoms with Crippen LogP contribution in [0.2, 0.25) is 0 Å². The normalized spacial score (nSPS) is 17.5. The lowest BCUT2D eigenvalue weighted by molar-refractivity contribution is -0.106. The van der Waals surface area contributed by atoms with E-state index >= 15 is 0 Å². The number of hydrogen-bond donors (Lipinski definition) is 2. The number of carbonyl (C=O) groups excluding carboxylic acids is 1. The molecule has 0 atom stereocenters. The molecule has 0 bridgehead atoms. The second kappa shape index (κ2) is 13.6. The van der Waals surface area contributed by atoms with Gasteiger partial charge in [-0.15, -0.1) is 0 Å². The summed E-state index contributed by atoms with van der Waals surface area (Å²) in [5.74, 6) is 0. The van der Waals surface area contributed by atoms with E-state index in [9.17, 15) is 0 Å². The van der Waals surface area contributed by atoms with E-state index in [1.807, 2.05) is 0 Å². The van der Waals surface area contributed by atoms with Crippen LogP contribution in [0.1, 0.15) is 40.0 Å². The maximum atomic E-state index is 8.58. The molecule has 1 rings (SSSR count). The Kier molecular flexibility index (Phi) is 12.7. The number of piperidine rings is 1. The molecule has 1 aliphatic rings. The topological polar surface area (TPSA) is 64.3 Å². The molecule has 3 N–H and O–H groups in total. The average molecular weight is 294 g/mol. The first-order chi connectivity index (χ1) is 10.2. The van der Waals surface area contributed by atoms with Crippen molar-refractivity contribution >= 4 is 6.41 Å². The van der Waals surface area contributed by atoms with Crippen molar-refractivity contribution in [3.63, 3.8) is 0 Å². The molecule has 0 aromatic carbocycles. The molecule has 1 fully saturated rings. The number of hydrogen-bond acceptors (Lipinski definition) is 3. The predicted molar refractivity (Wildman–Crippen MR) is 89.0 cm³/mol. The highest BCUT2D eigenvalue weighted by molar-refractivity contribution is 5.42. The van der Waals surface area contributed by atoms with Crippen molar-refractivity contribution in [2.45, 2.75) is 46.1 Å². The first kappa shape index (κ1) is 19.6. The zero-order chi connectivity index (χ0) is 15.9. The summed E-state index contributed by atoms with van der Waals surface area (Å²) in [6.45, 7) is 9.29. The Morgan fingerprint density at radius 2 is 1.95 bits per heavy atom. The summed E-state index contributed by atoms with van der Waals surface area (Å²) in [6.07, 6.45) is 12.7. The Hall–Kier alpha value is -1.39. The number of nitrogens with one attached hydrogen (secondary N) is 1. The summed E-state index contributed by atoms with van der Waals surface area (Å²) in [5.41, 5.74) is 6.79. The second-order valence-corrected chi connectivity index (χ2v) is 4.87. The van der Waals surface area contributed by atoms with E-state index in [-0.39, 0.29) is 6.41 Å². The molecule has 1 aliphatic heterocycles. The van der Waals surface area contributed by atoms with Crippen LogP contribution in [0, 0.1) is 0 Å². The molecule has 0 aromatic rings. The van der Waals surface area contributed by atoms with Crippen molar-refractivity contribution in [3.8, 4) is 0 Å². The number of carbonyl (C=O) groups is 1. The molecule has 0 aromatic heterocycles. The summed E-state index contributed by atoms with van der Waals surface area (Å²) in [5, 5.41) is 3.35. The van der Waals surface area contributed by atoms with Crippen molar-refractivity contribution in [1.82, 2.24) is 5.32 Å². The Balaban J connectivity index is 0.00000122. The molecule has 0 unspecified atom stereocenters. The van der Waals surface area contributed by atoms with Crippen LogP contribution in [0.25, 0.3) is 0 Å². The summed E-state index contributed by atoms with van der Waals surface area (Å²) < 4.78 is 5.91. The number of nitrogens with two attached hydrogens (primary N) is 1. The SMILES string of the molecule is C\C=C/C(=C/COC1CCNCC1)C(/C)=C\CC.NC=O. The van der Waals surface area contributed by atoms with Gasteiger partial charge in [-0.1, -0.05) is 31.2 Å². The van der Waals surface area contributed by atoms with Gasteiger partial charge in [0.2, 0.25) is 6.41 Å². The monoisotopic (exact) mass is 294 g/mol. The molecule has 21 heavy (non-hydrogen) atoms. The van der Waals surface area contributed by atoms with Gasteiger partial charge in [-0.05, 0) is 57.3 Å². The molecular weight excluding hydrogens is 264 g/mol. The fourth-order valence-corrected chi connectivity index (χ4v) is 2.20. The molecule has 120 valence electrons. The van der Waals surface area contributed by atoms with E-state index in [1.165, 1.54) is 11.1 Å². The van der Waals surface area contributed by atoms with Gasteiger partial charge in [0.15, 0.2) is 0 Å². The minimum absolute atomic E-state index is 0.250. The minimum Gasteiger partial charge on any atom is -0.374 e. The molecule has 0 saturated carbocycles. The number of rotatable bonds is 6. The van der Waals surface area contributed by atoms with Crippen molar-refractivity contribution in [2.75, 3.05) is 19.7 Å². The van der Waals surface area contributed by atoms with Crippen LogP contribution in [-0.2, 0) is 9.53 Å². The van der Waals surface area contributed by atoms with Crippen LogP contribution < -0.4 is 11.1 Å². The first-order valence-electron chi connectivity index (χ1n) is 7.67. The van der Waals surface area contributed by atoms with Crippen LogP contribution in [0.4, 0.5) is 0 Å². The molecule has 0 aliphatic carbocycles. The van der Waals surface area contributed by atoms with Gasteiger partial charge >= 0.3 is 0 Å². The van der Waals surface area contributed by atoms with E-state index in [0.717, 1.165) is 39.0 Å². The van der Waals surface area contributed by atoms with E-state index in [4.69, 9.17) is 9.53 Å². The second-order valence-electron chi connectivity index (χ2n) is 4.87. The maximum absolute atomic E-state index is 8.58. The van der Waals surface area contributed by atoms with Crippen LogP contribution in [0.15, 0.2) is 35.5 Å². The number of allylic oxidation sites excluding steroid dienone is 5. The molecule has 1 amide bonds. The Labute approximate surface area is 129 Å². The van der Waals surface area contributed by atoms with Gasteiger partial charge in [0, 0.05) is 0 Å². The number of ether oxygens (including phenoxy) is 1. The van der Waals surface area contributed by atoms with Crippen molar-refractivity contribution in [1.29, 1.82) is 0 Å². The minimum atomic E-state index is 0.250. The van der Waals surface area contributed by atoms with E-state index < -0.39 is 0 Å². The molecular formula is C17H30N2O2. The number of primary amides is 1. The van der Waals surface area contributed by atoms with E-state index in [2.05, 4.69) is 56.1 Å². The fourth-order valence-electron chi connectivity index (χ4n) is 2.20. The highest BCUT2D eigenvalue weighted by Crippen LogP contribution is 2.13. The van der Waals surface area contributed by atoms with Gasteiger partial charge in [-0.2, -0.15) is 0 Å². The Morgan fingerprint density at radius 3 is 2.48 bits per heavy atom. The predicted octanol–water partition coefficient (Wildman–Crippen LogP) is 2.72. The molecule has 4 heteroatoms. The zero-order valence-corrected chi connectivity index (χ0v) is 13.6. The average Bonchev–Trinajstić information content (AvgIpc) is 2.48. The van der Waals surface area contributed by atoms with Crippen molar-refractivity contribution in [3.05, 3.63) is 35.5 Å². The van der Waals surface area contributed by atoms with Gasteiger partial charge in [-0.3, -0.25) is 4.79 Å². The third-order valence-corrected chi connectivity index (χ3v) is 3.23. The standard InChI is InChI=1S/C16H27NO.CH3NO/c1-4-6-14(3)15(7-5-2)10-13-18-16-8-11-17-12-9-16;2-1-3/h5-7,10,16-17H,4,8-9,11-13H2,1-3H3;1H,(H2,2,3)/b7-5-,14-6-,15-10-;. The molecule has 0 spiro atoms. The lowest BCUT2D eigenvalue weighted by Gasteiger charge is -2.22. The summed E-state index contributed by atoms with van der Waals surface area (Å²) in [6, 6.07) is 0. The maximum Gasteiger partial charge on any atom is 0.204 e. The van der Waals surface area contributed by atoms with Gasteiger partial charge in [0.1, 0.15) is 0 Å². The van der Waals surface area contributed by atoms with Crippen molar-refractivity contribution < 1.29 is 9.53 Å². The molecule has 0 radical (unpaired) electrons. The lowest BCUT2D eigenvalue weighted by atomic mass is 10.1. The third kappa shape index (κ3) is 10.0. The summed E-state index contributed by atoms with van der Waals surface area (Å²) in [7, 11) is 0. The largest absolute Gasteiger partial charge is 0.374 e. The Bertz CT molecular complexity index is 354. The quantitative estimate of drug-likeness (QED) is 0.585.